The number of hydrogen-bond acceptors (Lipinski definition) is 6. The first-order chi connectivity index (χ1) is 15.4. The van der Waals surface area contributed by atoms with Crippen LogP contribution in [0, 0.1) is 0 Å². The number of unbranched alkanes of at least 4 members (excludes halogenated alkanes) is 3. The highest BCUT2D eigenvalue weighted by Gasteiger charge is 2.28. The number of carbonyl (C=O) groups is 4. The third-order valence-corrected chi connectivity index (χ3v) is 6.03. The number of imide groups is 1. The zero-order chi connectivity index (χ0) is 22.9. The number of nitrogens with zero attached hydrogens (tertiary/aromatic N) is 2. The summed E-state index contributed by atoms with van der Waals surface area (Å²) in [5.41, 5.74) is 1.55. The molecule has 1 unspecified atom stereocenters. The number of piperidine rings is 1. The van der Waals surface area contributed by atoms with Crippen LogP contribution in [-0.4, -0.2) is 72.5 Å². The molecule has 0 aliphatic carbocycles. The first kappa shape index (κ1) is 23.7. The Morgan fingerprint density at radius 3 is 2.34 bits per heavy atom. The number of carboxylic acids is 1. The molecule has 2 heterocycles. The Morgan fingerprint density at radius 1 is 1.00 bits per heavy atom. The molecule has 0 spiro atoms. The number of rotatable bonds is 10. The summed E-state index contributed by atoms with van der Waals surface area (Å²) in [5, 5.41) is 13.6. The number of hydrogen-bond donors (Lipinski definition) is 3. The minimum Gasteiger partial charge on any atom is -0.481 e. The average Bonchev–Trinajstić information content (AvgIpc) is 2.78. The molecular weight excluding hydrogens is 412 g/mol. The molecule has 0 bridgehead atoms. The van der Waals surface area contributed by atoms with E-state index in [9.17, 15) is 19.2 Å². The van der Waals surface area contributed by atoms with Crippen LogP contribution in [0.15, 0.2) is 24.3 Å². The summed E-state index contributed by atoms with van der Waals surface area (Å²) in [6, 6.07) is 6.71. The van der Waals surface area contributed by atoms with Gasteiger partial charge in [0.1, 0.15) is 6.04 Å². The maximum atomic E-state index is 12.4. The molecule has 1 atom stereocenters. The molecule has 9 nitrogen and oxygen atoms in total. The van der Waals surface area contributed by atoms with E-state index in [-0.39, 0.29) is 24.7 Å². The van der Waals surface area contributed by atoms with Crippen LogP contribution < -0.4 is 15.5 Å². The van der Waals surface area contributed by atoms with Crippen molar-refractivity contribution in [3.63, 3.8) is 0 Å². The zero-order valence-corrected chi connectivity index (χ0v) is 18.3. The molecule has 0 aromatic heterocycles. The summed E-state index contributed by atoms with van der Waals surface area (Å²) in [6.07, 6.45) is 4.69. The van der Waals surface area contributed by atoms with Gasteiger partial charge in [0.2, 0.25) is 11.8 Å². The van der Waals surface area contributed by atoms with E-state index < -0.39 is 17.9 Å². The van der Waals surface area contributed by atoms with Gasteiger partial charge in [-0.3, -0.25) is 29.4 Å². The third-order valence-electron chi connectivity index (χ3n) is 6.03. The van der Waals surface area contributed by atoms with Crippen LogP contribution in [0.1, 0.15) is 55.3 Å². The summed E-state index contributed by atoms with van der Waals surface area (Å²) in [6.45, 7) is 4.84. The second kappa shape index (κ2) is 11.6. The maximum Gasteiger partial charge on any atom is 0.303 e. The lowest BCUT2D eigenvalue weighted by Gasteiger charge is -2.36. The molecule has 32 heavy (non-hydrogen) atoms. The predicted octanol–water partition coefficient (Wildman–Crippen LogP) is 1.38. The van der Waals surface area contributed by atoms with Crippen LogP contribution in [0.25, 0.3) is 0 Å². The van der Waals surface area contributed by atoms with Crippen molar-refractivity contribution in [1.82, 2.24) is 15.5 Å². The lowest BCUT2D eigenvalue weighted by atomic mass is 10.1. The molecule has 1 aromatic rings. The minimum absolute atomic E-state index is 0.228. The van der Waals surface area contributed by atoms with Crippen LogP contribution in [0.4, 0.5) is 5.69 Å². The van der Waals surface area contributed by atoms with E-state index >= 15 is 0 Å². The lowest BCUT2D eigenvalue weighted by Crippen LogP contribution is -2.52. The van der Waals surface area contributed by atoms with Crippen LogP contribution in [0.5, 0.6) is 0 Å². The highest BCUT2D eigenvalue weighted by molar-refractivity contribution is 6.03. The van der Waals surface area contributed by atoms with Crippen LogP contribution in [0.2, 0.25) is 0 Å². The molecule has 3 N–H and O–H groups in total. The number of aliphatic carboxylic acids is 1. The van der Waals surface area contributed by atoms with Crippen molar-refractivity contribution in [2.45, 2.75) is 51.0 Å². The van der Waals surface area contributed by atoms with Gasteiger partial charge in [0.05, 0.1) is 0 Å². The number of nitrogens with one attached hydrogen (secondary N) is 2. The number of piperazine rings is 1. The summed E-state index contributed by atoms with van der Waals surface area (Å²) in [7, 11) is 0. The summed E-state index contributed by atoms with van der Waals surface area (Å²) >= 11 is 0. The topological polar surface area (TPSA) is 119 Å². The number of amides is 3. The van der Waals surface area contributed by atoms with Gasteiger partial charge < -0.3 is 15.3 Å². The Bertz CT molecular complexity index is 818. The van der Waals surface area contributed by atoms with E-state index in [1.54, 1.807) is 12.1 Å². The predicted molar refractivity (Wildman–Crippen MR) is 119 cm³/mol. The molecule has 2 saturated heterocycles. The van der Waals surface area contributed by atoms with Gasteiger partial charge in [0.25, 0.3) is 5.91 Å². The van der Waals surface area contributed by atoms with Gasteiger partial charge in [-0.15, -0.1) is 0 Å². The van der Waals surface area contributed by atoms with Crippen molar-refractivity contribution in [2.75, 3.05) is 37.6 Å². The maximum absolute atomic E-state index is 12.4. The van der Waals surface area contributed by atoms with Gasteiger partial charge in [-0.2, -0.15) is 0 Å². The second-order valence-corrected chi connectivity index (χ2v) is 8.41. The SMILES string of the molecule is O=C(O)CCCCCCN1CCN(c2ccc(C(=O)NC3CCC(=O)NC3=O)cc2)CC1. The number of carbonyl (C=O) groups excluding carboxylic acids is 3. The fourth-order valence-corrected chi connectivity index (χ4v) is 4.09. The monoisotopic (exact) mass is 444 g/mol. The Hall–Kier alpha value is -2.94. The average molecular weight is 445 g/mol. The Balaban J connectivity index is 1.38. The number of benzene rings is 1. The number of anilines is 1. The highest BCUT2D eigenvalue weighted by atomic mass is 16.4. The molecule has 174 valence electrons. The Morgan fingerprint density at radius 2 is 1.69 bits per heavy atom. The van der Waals surface area contributed by atoms with E-state index in [0.717, 1.165) is 64.1 Å². The smallest absolute Gasteiger partial charge is 0.303 e. The van der Waals surface area contributed by atoms with Crippen molar-refractivity contribution in [2.24, 2.45) is 0 Å². The largest absolute Gasteiger partial charge is 0.481 e. The zero-order valence-electron chi connectivity index (χ0n) is 18.3. The normalized spacial score (nSPS) is 19.5. The van der Waals surface area contributed by atoms with Crippen LogP contribution >= 0.6 is 0 Å². The van der Waals surface area contributed by atoms with Crippen molar-refractivity contribution in [3.8, 4) is 0 Å². The molecule has 2 aliphatic heterocycles. The van der Waals surface area contributed by atoms with Gasteiger partial charge in [0.15, 0.2) is 0 Å². The second-order valence-electron chi connectivity index (χ2n) is 8.41. The van der Waals surface area contributed by atoms with Gasteiger partial charge in [0, 0.05) is 50.3 Å². The molecule has 2 fully saturated rings. The Labute approximate surface area is 188 Å². The van der Waals surface area contributed by atoms with E-state index in [1.165, 1.54) is 0 Å². The fraction of sp³-hybridized carbons (Fsp3) is 0.565. The molecule has 0 saturated carbocycles. The van der Waals surface area contributed by atoms with Gasteiger partial charge in [-0.05, 0) is 50.1 Å². The molecule has 3 rings (SSSR count). The van der Waals surface area contributed by atoms with E-state index in [4.69, 9.17) is 5.11 Å². The van der Waals surface area contributed by atoms with Crippen LogP contribution in [-0.2, 0) is 14.4 Å². The fourth-order valence-electron chi connectivity index (χ4n) is 4.09. The third kappa shape index (κ3) is 7.05. The highest BCUT2D eigenvalue weighted by Crippen LogP contribution is 2.18. The first-order valence-corrected chi connectivity index (χ1v) is 11.4. The van der Waals surface area contributed by atoms with Gasteiger partial charge in [-0.1, -0.05) is 12.8 Å². The summed E-state index contributed by atoms with van der Waals surface area (Å²) < 4.78 is 0. The minimum atomic E-state index is -0.718. The lowest BCUT2D eigenvalue weighted by molar-refractivity contribution is -0.137. The number of carboxylic acid groups (broad SMARTS) is 1. The van der Waals surface area contributed by atoms with Crippen molar-refractivity contribution in [3.05, 3.63) is 29.8 Å². The molecular formula is C23H32N4O5. The van der Waals surface area contributed by atoms with Crippen LogP contribution in [0.3, 0.4) is 0 Å². The van der Waals surface area contributed by atoms with Crippen molar-refractivity contribution < 1.29 is 24.3 Å². The molecule has 1 aromatic carbocycles. The van der Waals surface area contributed by atoms with Crippen molar-refractivity contribution >= 4 is 29.4 Å². The van der Waals surface area contributed by atoms with Gasteiger partial charge >= 0.3 is 5.97 Å². The van der Waals surface area contributed by atoms with E-state index in [1.807, 2.05) is 12.1 Å². The first-order valence-electron chi connectivity index (χ1n) is 11.4. The molecule has 2 aliphatic rings. The summed E-state index contributed by atoms with van der Waals surface area (Å²) in [4.78, 5) is 50.7. The molecule has 0 radical (unpaired) electrons. The van der Waals surface area contributed by atoms with Crippen molar-refractivity contribution in [1.29, 1.82) is 0 Å². The molecule has 3 amide bonds. The van der Waals surface area contributed by atoms with E-state index in [0.29, 0.717) is 12.0 Å². The standard InChI is InChI=1S/C23H32N4O5/c28-20-11-10-19(23(32)25-20)24-22(31)17-6-8-18(9-7-17)27-15-13-26(14-16-27)12-4-2-1-3-5-21(29)30/h6-9,19H,1-5,10-16H2,(H,24,31)(H,29,30)(H,25,28,32). The quantitative estimate of drug-likeness (QED) is 0.368. The van der Waals surface area contributed by atoms with Gasteiger partial charge in [-0.25, -0.2) is 0 Å². The Kier molecular flexibility index (Phi) is 8.61. The van der Waals surface area contributed by atoms with E-state index in [2.05, 4.69) is 20.4 Å². The summed E-state index contributed by atoms with van der Waals surface area (Å²) in [5.74, 6) is -1.80. The molecule has 9 heteroatoms.